The normalized spacial score (nSPS) is 12.8. The Morgan fingerprint density at radius 2 is 0.338 bits per heavy atom. The fraction of sp³-hybridized carbons (Fsp3) is 1.00. The van der Waals surface area contributed by atoms with Gasteiger partial charge in [-0.1, -0.05) is 13.8 Å². The third-order valence-corrected chi connectivity index (χ3v) is 8.81. The van der Waals surface area contributed by atoms with Crippen LogP contribution in [0.15, 0.2) is 0 Å². The van der Waals surface area contributed by atoms with Crippen LogP contribution in [0, 0.1) is 5.92 Å². The van der Waals surface area contributed by atoms with Crippen molar-refractivity contribution in [2.24, 2.45) is 5.92 Å². The Hall–Kier alpha value is -0.880. The summed E-state index contributed by atoms with van der Waals surface area (Å²) >= 11 is 0. The lowest BCUT2D eigenvalue weighted by atomic mass is 10.2. The van der Waals surface area contributed by atoms with Crippen LogP contribution in [0.1, 0.15) is 27.7 Å². The van der Waals surface area contributed by atoms with Gasteiger partial charge in [0.15, 0.2) is 0 Å². The second kappa shape index (κ2) is 63.4. The van der Waals surface area contributed by atoms with E-state index in [0.717, 1.165) is 6.61 Å². The molecule has 0 heterocycles. The van der Waals surface area contributed by atoms with Crippen molar-refractivity contribution in [2.45, 2.75) is 39.9 Å². The second-order valence-electron chi connectivity index (χ2n) is 15.8. The van der Waals surface area contributed by atoms with Gasteiger partial charge >= 0.3 is 0 Å². The largest absolute Gasteiger partial charge is 0.382 e. The zero-order chi connectivity index (χ0) is 51.3. The minimum atomic E-state index is 0.00807. The van der Waals surface area contributed by atoms with Crippen molar-refractivity contribution in [1.29, 1.82) is 0 Å². The lowest BCUT2D eigenvalue weighted by Gasteiger charge is -2.18. The molecule has 0 saturated carbocycles. The van der Waals surface area contributed by atoms with Crippen LogP contribution in [-0.2, 0) is 104 Å². The molecule has 0 bridgehead atoms. The number of hydrogen-bond acceptors (Lipinski definition) is 22. The highest BCUT2D eigenvalue weighted by Gasteiger charge is 2.08. The minimum absolute atomic E-state index is 0.00807. The van der Waals surface area contributed by atoms with Crippen molar-refractivity contribution in [3.8, 4) is 0 Å². The summed E-state index contributed by atoms with van der Waals surface area (Å²) in [5.74, 6) is 0.516. The van der Waals surface area contributed by atoms with Crippen LogP contribution in [-0.4, -0.2) is 290 Å². The third kappa shape index (κ3) is 65.2. The van der Waals surface area contributed by atoms with Gasteiger partial charge in [-0.3, -0.25) is 0 Å². The summed E-state index contributed by atoms with van der Waals surface area (Å²) < 4.78 is 121. The van der Waals surface area contributed by atoms with E-state index < -0.39 is 0 Å². The molecule has 2 unspecified atom stereocenters. The van der Waals surface area contributed by atoms with Gasteiger partial charge in [0.1, 0.15) is 0 Å². The Morgan fingerprint density at radius 1 is 0.183 bits per heavy atom. The summed E-state index contributed by atoms with van der Waals surface area (Å²) in [6.45, 7) is 29.4. The Bertz CT molecular complexity index is 950. The zero-order valence-corrected chi connectivity index (χ0v) is 44.7. The van der Waals surface area contributed by atoms with Gasteiger partial charge < -0.3 is 104 Å². The maximum Gasteiger partial charge on any atom is 0.0781 e. The van der Waals surface area contributed by atoms with E-state index >= 15 is 0 Å². The first-order valence-corrected chi connectivity index (χ1v) is 25.7. The van der Waals surface area contributed by atoms with Gasteiger partial charge in [0, 0.05) is 13.7 Å². The standard InChI is InChI=1S/C49H100O22/c1-47(2)44-70-49(4)46-71-48(3)45-69-43-42-68-41-40-67-39-38-66-37-36-65-35-34-64-33-32-63-31-30-62-29-28-61-27-26-60-25-24-59-23-22-58-21-20-57-19-18-56-17-16-55-15-14-54-13-12-53-11-10-52-9-8-51-7-6-50-5/h47-49H,6-46H2,1-5H3. The molecule has 22 nitrogen and oxygen atoms in total. The highest BCUT2D eigenvalue weighted by molar-refractivity contribution is 4.54. The van der Waals surface area contributed by atoms with Gasteiger partial charge in [-0.05, 0) is 19.8 Å². The molecule has 0 amide bonds. The smallest absolute Gasteiger partial charge is 0.0781 e. The number of methoxy groups -OCH3 is 1. The van der Waals surface area contributed by atoms with Crippen molar-refractivity contribution in [3.05, 3.63) is 0 Å². The van der Waals surface area contributed by atoms with Crippen molar-refractivity contribution in [1.82, 2.24) is 0 Å². The topological polar surface area (TPSA) is 203 Å². The number of hydrogen-bond donors (Lipinski definition) is 0. The molecule has 0 aliphatic heterocycles. The number of ether oxygens (including phenoxy) is 22. The molecule has 0 aromatic rings. The molecule has 0 rings (SSSR count). The predicted molar refractivity (Wildman–Crippen MR) is 263 cm³/mol. The first kappa shape index (κ1) is 70.1. The van der Waals surface area contributed by atoms with Crippen LogP contribution >= 0.6 is 0 Å². The van der Waals surface area contributed by atoms with E-state index in [9.17, 15) is 0 Å². The van der Waals surface area contributed by atoms with Gasteiger partial charge in [0.2, 0.25) is 0 Å². The van der Waals surface area contributed by atoms with Crippen molar-refractivity contribution >= 4 is 0 Å². The molecule has 22 heteroatoms. The molecule has 71 heavy (non-hydrogen) atoms. The first-order chi connectivity index (χ1) is 35.1. The van der Waals surface area contributed by atoms with Crippen LogP contribution in [0.25, 0.3) is 0 Å². The predicted octanol–water partition coefficient (Wildman–Crippen LogP) is 2.41. The Labute approximate surface area is 427 Å². The first-order valence-electron chi connectivity index (χ1n) is 25.7. The third-order valence-electron chi connectivity index (χ3n) is 8.81. The summed E-state index contributed by atoms with van der Waals surface area (Å²) in [6, 6.07) is 0. The summed E-state index contributed by atoms with van der Waals surface area (Å²) in [4.78, 5) is 0. The molecule has 0 saturated heterocycles. The summed E-state index contributed by atoms with van der Waals surface area (Å²) in [6.07, 6.45) is 0.0847. The summed E-state index contributed by atoms with van der Waals surface area (Å²) in [5, 5.41) is 0. The quantitative estimate of drug-likeness (QED) is 0.0803. The van der Waals surface area contributed by atoms with E-state index in [-0.39, 0.29) is 12.2 Å². The van der Waals surface area contributed by atoms with E-state index in [4.69, 9.17) is 104 Å². The Kier molecular flexibility index (Phi) is 62.6. The molecule has 428 valence electrons. The van der Waals surface area contributed by atoms with E-state index in [2.05, 4.69) is 13.8 Å². The lowest BCUT2D eigenvalue weighted by molar-refractivity contribution is -0.0675. The van der Waals surface area contributed by atoms with E-state index in [1.54, 1.807) is 7.11 Å². The van der Waals surface area contributed by atoms with Crippen LogP contribution < -0.4 is 0 Å². The van der Waals surface area contributed by atoms with Crippen molar-refractivity contribution in [2.75, 3.05) is 278 Å². The van der Waals surface area contributed by atoms with Gasteiger partial charge in [-0.25, -0.2) is 0 Å². The molecule has 0 aromatic heterocycles. The minimum Gasteiger partial charge on any atom is -0.382 e. The molecular formula is C49H100O22. The fourth-order valence-electron chi connectivity index (χ4n) is 5.10. The monoisotopic (exact) mass is 1040 g/mol. The highest BCUT2D eigenvalue weighted by atomic mass is 16.6. The average molecular weight is 1040 g/mol. The molecule has 0 spiro atoms. The van der Waals surface area contributed by atoms with E-state index in [1.165, 1.54) is 0 Å². The Balaban J connectivity index is 3.11. The van der Waals surface area contributed by atoms with Gasteiger partial charge in [-0.15, -0.1) is 0 Å². The summed E-state index contributed by atoms with van der Waals surface area (Å²) in [5.41, 5.74) is 0. The highest BCUT2D eigenvalue weighted by Crippen LogP contribution is 2.01. The molecule has 0 aliphatic carbocycles. The molecule has 0 fully saturated rings. The number of rotatable bonds is 65. The zero-order valence-electron chi connectivity index (χ0n) is 44.7. The van der Waals surface area contributed by atoms with Crippen molar-refractivity contribution in [3.63, 3.8) is 0 Å². The fourth-order valence-corrected chi connectivity index (χ4v) is 5.10. The molecule has 0 aromatic carbocycles. The molecule has 2 atom stereocenters. The average Bonchev–Trinajstić information content (AvgIpc) is 3.37. The summed E-state index contributed by atoms with van der Waals surface area (Å²) in [7, 11) is 1.64. The van der Waals surface area contributed by atoms with Crippen LogP contribution in [0.2, 0.25) is 0 Å². The van der Waals surface area contributed by atoms with E-state index in [0.29, 0.717) is 270 Å². The lowest BCUT2D eigenvalue weighted by Crippen LogP contribution is -2.25. The molecular weight excluding hydrogens is 941 g/mol. The molecule has 0 N–H and O–H groups in total. The van der Waals surface area contributed by atoms with Crippen LogP contribution in [0.5, 0.6) is 0 Å². The van der Waals surface area contributed by atoms with E-state index in [1.807, 2.05) is 13.8 Å². The Morgan fingerprint density at radius 3 is 0.521 bits per heavy atom. The maximum atomic E-state index is 5.77. The maximum absolute atomic E-state index is 5.77. The van der Waals surface area contributed by atoms with Gasteiger partial charge in [-0.2, -0.15) is 0 Å². The molecule has 0 radical (unpaired) electrons. The SMILES string of the molecule is COCCOCCOCCOCCOCCOCCOCCOCCOCCOCCOCCOCCOCCOCCOCCOCCOCCOCCOCCOCC(C)OCC(C)OCC(C)C. The van der Waals surface area contributed by atoms with Gasteiger partial charge in [0.25, 0.3) is 0 Å². The van der Waals surface area contributed by atoms with Crippen LogP contribution in [0.3, 0.4) is 0 Å². The van der Waals surface area contributed by atoms with Gasteiger partial charge in [0.05, 0.1) is 276 Å². The van der Waals surface area contributed by atoms with Crippen molar-refractivity contribution < 1.29 is 104 Å². The van der Waals surface area contributed by atoms with Crippen LogP contribution in [0.4, 0.5) is 0 Å². The molecule has 0 aliphatic rings. The second-order valence-corrected chi connectivity index (χ2v) is 15.8.